The summed E-state index contributed by atoms with van der Waals surface area (Å²) in [6, 6.07) is 5.13. The van der Waals surface area contributed by atoms with Crippen LogP contribution >= 0.6 is 39.1 Å². The van der Waals surface area contributed by atoms with Gasteiger partial charge in [-0.15, -0.1) is 0 Å². The highest BCUT2D eigenvalue weighted by Crippen LogP contribution is 2.32. The van der Waals surface area contributed by atoms with Gasteiger partial charge in [0.2, 0.25) is 0 Å². The van der Waals surface area contributed by atoms with E-state index in [9.17, 15) is 0 Å². The number of nitrogens with two attached hydrogens (primary N) is 1. The van der Waals surface area contributed by atoms with Gasteiger partial charge in [-0.3, -0.25) is 0 Å². The fourth-order valence-electron chi connectivity index (χ4n) is 1.26. The van der Waals surface area contributed by atoms with Gasteiger partial charge >= 0.3 is 0 Å². The predicted octanol–water partition coefficient (Wildman–Crippen LogP) is 3.80. The van der Waals surface area contributed by atoms with Crippen molar-refractivity contribution in [2.24, 2.45) is 0 Å². The van der Waals surface area contributed by atoms with E-state index in [1.807, 2.05) is 0 Å². The largest absolute Gasteiger partial charge is 0.382 e. The quantitative estimate of drug-likeness (QED) is 0.870. The number of anilines is 1. The van der Waals surface area contributed by atoms with Gasteiger partial charge in [-0.1, -0.05) is 23.2 Å². The zero-order valence-electron chi connectivity index (χ0n) is 7.92. The van der Waals surface area contributed by atoms with Crippen molar-refractivity contribution >= 4 is 44.9 Å². The van der Waals surface area contributed by atoms with Crippen molar-refractivity contribution in [3.05, 3.63) is 39.0 Å². The Hall–Kier alpha value is -0.840. The van der Waals surface area contributed by atoms with Crippen LogP contribution in [0.2, 0.25) is 10.0 Å². The molecule has 2 N–H and O–H groups in total. The molecule has 0 bridgehead atoms. The van der Waals surface area contributed by atoms with E-state index in [4.69, 9.17) is 28.9 Å². The van der Waals surface area contributed by atoms with Crippen LogP contribution in [-0.2, 0) is 0 Å². The lowest BCUT2D eigenvalue weighted by molar-refractivity contribution is 1.18. The van der Waals surface area contributed by atoms with E-state index in [0.717, 1.165) is 0 Å². The van der Waals surface area contributed by atoms with E-state index in [1.165, 1.54) is 6.20 Å². The van der Waals surface area contributed by atoms with Gasteiger partial charge in [-0.25, -0.2) is 9.97 Å². The lowest BCUT2D eigenvalue weighted by Crippen LogP contribution is -1.97. The number of hydrogen-bond acceptors (Lipinski definition) is 3. The molecule has 0 amide bonds. The van der Waals surface area contributed by atoms with Crippen LogP contribution in [0.5, 0.6) is 0 Å². The molecule has 0 aliphatic heterocycles. The second kappa shape index (κ2) is 4.57. The first-order valence-corrected chi connectivity index (χ1v) is 5.86. The van der Waals surface area contributed by atoms with E-state index in [0.29, 0.717) is 31.7 Å². The molecule has 2 aromatic rings. The number of nitrogens with zero attached hydrogens (tertiary/aromatic N) is 2. The zero-order valence-corrected chi connectivity index (χ0v) is 11.0. The Bertz CT molecular complexity index is 546. The van der Waals surface area contributed by atoms with Gasteiger partial charge in [0.05, 0.1) is 11.2 Å². The number of benzene rings is 1. The normalized spacial score (nSPS) is 10.4. The Morgan fingerprint density at radius 3 is 2.69 bits per heavy atom. The van der Waals surface area contributed by atoms with E-state index in [1.54, 1.807) is 18.2 Å². The van der Waals surface area contributed by atoms with Gasteiger partial charge < -0.3 is 5.73 Å². The van der Waals surface area contributed by atoms with Crippen LogP contribution in [0.25, 0.3) is 11.3 Å². The summed E-state index contributed by atoms with van der Waals surface area (Å²) in [4.78, 5) is 8.23. The van der Waals surface area contributed by atoms with Crippen molar-refractivity contribution in [1.29, 1.82) is 0 Å². The third kappa shape index (κ3) is 2.29. The van der Waals surface area contributed by atoms with Gasteiger partial charge in [0.15, 0.2) is 0 Å². The van der Waals surface area contributed by atoms with E-state index >= 15 is 0 Å². The minimum absolute atomic E-state index is 0.326. The Kier molecular flexibility index (Phi) is 3.33. The molecule has 6 heteroatoms. The summed E-state index contributed by atoms with van der Waals surface area (Å²) in [6.07, 6.45) is 1.53. The minimum atomic E-state index is 0.326. The van der Waals surface area contributed by atoms with Crippen LogP contribution < -0.4 is 5.73 Å². The van der Waals surface area contributed by atoms with Crippen LogP contribution in [0.4, 0.5) is 5.82 Å². The Balaban J connectivity index is 2.62. The number of aromatic nitrogens is 2. The van der Waals surface area contributed by atoms with Gasteiger partial charge in [-0.05, 0) is 34.1 Å². The van der Waals surface area contributed by atoms with Crippen molar-refractivity contribution in [1.82, 2.24) is 9.97 Å². The van der Waals surface area contributed by atoms with Crippen molar-refractivity contribution in [3.63, 3.8) is 0 Å². The molecule has 0 radical (unpaired) electrons. The molecule has 1 heterocycles. The molecule has 3 nitrogen and oxygen atoms in total. The van der Waals surface area contributed by atoms with Gasteiger partial charge in [0.1, 0.15) is 16.1 Å². The first-order chi connectivity index (χ1) is 7.58. The Morgan fingerprint density at radius 1 is 1.25 bits per heavy atom. The third-order valence-corrected chi connectivity index (χ3v) is 2.89. The summed E-state index contributed by atoms with van der Waals surface area (Å²) in [6.45, 7) is 0. The van der Waals surface area contributed by atoms with E-state index in [2.05, 4.69) is 25.9 Å². The average Bonchev–Trinajstić information content (AvgIpc) is 2.22. The fraction of sp³-hybridized carbons (Fsp3) is 0. The summed E-state index contributed by atoms with van der Waals surface area (Å²) in [5.74, 6) is 0.326. The van der Waals surface area contributed by atoms with Crippen LogP contribution in [0, 0.1) is 0 Å². The third-order valence-electron chi connectivity index (χ3n) is 1.96. The first-order valence-electron chi connectivity index (χ1n) is 4.31. The molecule has 0 saturated heterocycles. The molecule has 0 unspecified atom stereocenters. The molecule has 0 aliphatic rings. The topological polar surface area (TPSA) is 51.8 Å². The number of hydrogen-bond donors (Lipinski definition) is 1. The molecule has 1 aromatic heterocycles. The highest BCUT2D eigenvalue weighted by Gasteiger charge is 2.10. The SMILES string of the molecule is Nc1ncc(Br)nc1-c1ccc(Cl)cc1Cl. The molecule has 0 atom stereocenters. The van der Waals surface area contributed by atoms with Crippen molar-refractivity contribution in [3.8, 4) is 11.3 Å². The minimum Gasteiger partial charge on any atom is -0.382 e. The smallest absolute Gasteiger partial charge is 0.150 e. The number of nitrogen functional groups attached to an aromatic ring is 1. The van der Waals surface area contributed by atoms with Crippen molar-refractivity contribution in [2.75, 3.05) is 5.73 Å². The van der Waals surface area contributed by atoms with Crippen LogP contribution in [0.3, 0.4) is 0 Å². The zero-order chi connectivity index (χ0) is 11.7. The molecule has 2 rings (SSSR count). The van der Waals surface area contributed by atoms with Crippen LogP contribution in [0.1, 0.15) is 0 Å². The van der Waals surface area contributed by atoms with Crippen molar-refractivity contribution < 1.29 is 0 Å². The fourth-order valence-corrected chi connectivity index (χ4v) is 2.03. The van der Waals surface area contributed by atoms with Gasteiger partial charge in [0, 0.05) is 10.6 Å². The van der Waals surface area contributed by atoms with E-state index < -0.39 is 0 Å². The molecule has 0 saturated carbocycles. The molecule has 0 spiro atoms. The average molecular weight is 319 g/mol. The highest BCUT2D eigenvalue weighted by atomic mass is 79.9. The maximum atomic E-state index is 6.07. The second-order valence-electron chi connectivity index (χ2n) is 3.05. The monoisotopic (exact) mass is 317 g/mol. The van der Waals surface area contributed by atoms with Crippen LogP contribution in [0.15, 0.2) is 29.0 Å². The summed E-state index contributed by atoms with van der Waals surface area (Å²) in [5.41, 5.74) is 6.99. The number of rotatable bonds is 1. The standard InChI is InChI=1S/C10H6BrCl2N3/c11-8-4-15-10(14)9(16-8)6-2-1-5(12)3-7(6)13/h1-4H,(H2,14,15). The maximum absolute atomic E-state index is 6.07. The molecular weight excluding hydrogens is 313 g/mol. The Morgan fingerprint density at radius 2 is 2.00 bits per heavy atom. The van der Waals surface area contributed by atoms with Gasteiger partial charge in [0.25, 0.3) is 0 Å². The molecule has 1 aromatic carbocycles. The predicted molar refractivity (Wildman–Crippen MR) is 69.6 cm³/mol. The van der Waals surface area contributed by atoms with Gasteiger partial charge in [-0.2, -0.15) is 0 Å². The molecular formula is C10H6BrCl2N3. The van der Waals surface area contributed by atoms with Crippen LogP contribution in [-0.4, -0.2) is 9.97 Å². The molecule has 16 heavy (non-hydrogen) atoms. The summed E-state index contributed by atoms with van der Waals surface area (Å²) in [7, 11) is 0. The lowest BCUT2D eigenvalue weighted by Gasteiger charge is -2.06. The summed E-state index contributed by atoms with van der Waals surface area (Å²) >= 11 is 15.1. The first kappa shape index (κ1) is 11.6. The molecule has 82 valence electrons. The van der Waals surface area contributed by atoms with Crippen molar-refractivity contribution in [2.45, 2.75) is 0 Å². The maximum Gasteiger partial charge on any atom is 0.150 e. The Labute approximate surface area is 111 Å². The second-order valence-corrected chi connectivity index (χ2v) is 4.71. The summed E-state index contributed by atoms with van der Waals surface area (Å²) < 4.78 is 0.600. The van der Waals surface area contributed by atoms with E-state index in [-0.39, 0.29) is 0 Å². The molecule has 0 aliphatic carbocycles. The highest BCUT2D eigenvalue weighted by molar-refractivity contribution is 9.10. The number of halogens is 3. The lowest BCUT2D eigenvalue weighted by atomic mass is 10.1. The summed E-state index contributed by atoms with van der Waals surface area (Å²) in [5, 5.41) is 1.06. The molecule has 0 fully saturated rings.